The van der Waals surface area contributed by atoms with Crippen LogP contribution < -0.4 is 4.74 Å². The molecule has 0 aliphatic carbocycles. The molecule has 0 fully saturated rings. The number of rotatable bonds is 4. The van der Waals surface area contributed by atoms with Crippen LogP contribution in [0.25, 0.3) is 0 Å². The van der Waals surface area contributed by atoms with E-state index < -0.39 is 4.92 Å². The zero-order valence-corrected chi connectivity index (χ0v) is 12.1. The SMILES string of the molecule is Cc1cc(Oc2nc(Cl)c(CCl)s2)ccc1[N+](=O)[O-]. The summed E-state index contributed by atoms with van der Waals surface area (Å²) in [4.78, 5) is 15.0. The van der Waals surface area contributed by atoms with Crippen LogP contribution >= 0.6 is 34.5 Å². The van der Waals surface area contributed by atoms with Crippen LogP contribution in [0.4, 0.5) is 5.69 Å². The van der Waals surface area contributed by atoms with Crippen LogP contribution in [0.5, 0.6) is 10.9 Å². The fourth-order valence-corrected chi connectivity index (χ4v) is 2.77. The third-order valence-electron chi connectivity index (χ3n) is 2.32. The summed E-state index contributed by atoms with van der Waals surface area (Å²) in [5.41, 5.74) is 0.564. The minimum absolute atomic E-state index is 0.0472. The minimum Gasteiger partial charge on any atom is -0.431 e. The Balaban J connectivity index is 2.23. The van der Waals surface area contributed by atoms with Gasteiger partial charge in [0.2, 0.25) is 0 Å². The predicted octanol–water partition coefficient (Wildman–Crippen LogP) is 4.54. The van der Waals surface area contributed by atoms with Gasteiger partial charge in [0.1, 0.15) is 10.9 Å². The highest BCUT2D eigenvalue weighted by atomic mass is 35.5. The maximum Gasteiger partial charge on any atom is 0.280 e. The molecule has 0 atom stereocenters. The lowest BCUT2D eigenvalue weighted by molar-refractivity contribution is -0.385. The Morgan fingerprint density at radius 2 is 2.26 bits per heavy atom. The summed E-state index contributed by atoms with van der Waals surface area (Å²) in [5, 5.41) is 11.4. The zero-order chi connectivity index (χ0) is 14.0. The molecule has 0 aliphatic heterocycles. The molecule has 1 aromatic heterocycles. The molecule has 0 radical (unpaired) electrons. The number of nitro groups is 1. The van der Waals surface area contributed by atoms with E-state index in [-0.39, 0.29) is 11.6 Å². The average Bonchev–Trinajstić information content (AvgIpc) is 2.69. The smallest absolute Gasteiger partial charge is 0.280 e. The van der Waals surface area contributed by atoms with E-state index in [0.29, 0.717) is 21.7 Å². The summed E-state index contributed by atoms with van der Waals surface area (Å²) in [7, 11) is 0. The third-order valence-corrected chi connectivity index (χ3v) is 4.11. The maximum absolute atomic E-state index is 10.7. The lowest BCUT2D eigenvalue weighted by atomic mass is 10.2. The van der Waals surface area contributed by atoms with Gasteiger partial charge in [-0.3, -0.25) is 10.1 Å². The number of aromatic nitrogens is 1. The van der Waals surface area contributed by atoms with Crippen molar-refractivity contribution in [1.82, 2.24) is 4.98 Å². The van der Waals surface area contributed by atoms with Crippen LogP contribution in [0.3, 0.4) is 0 Å². The monoisotopic (exact) mass is 318 g/mol. The Morgan fingerprint density at radius 3 is 2.79 bits per heavy atom. The normalized spacial score (nSPS) is 10.5. The standard InChI is InChI=1S/C11H8Cl2N2O3S/c1-6-4-7(2-3-8(6)15(16)17)18-11-14-10(13)9(5-12)19-11/h2-4H,5H2,1H3. The fraction of sp³-hybridized carbons (Fsp3) is 0.182. The summed E-state index contributed by atoms with van der Waals surface area (Å²) in [5.74, 6) is 0.730. The summed E-state index contributed by atoms with van der Waals surface area (Å²) in [6.07, 6.45) is 0. The molecular weight excluding hydrogens is 311 g/mol. The van der Waals surface area contributed by atoms with Gasteiger partial charge in [0.25, 0.3) is 10.9 Å². The molecule has 0 saturated heterocycles. The number of alkyl halides is 1. The number of thiazole rings is 1. The van der Waals surface area contributed by atoms with Gasteiger partial charge in [-0.05, 0) is 19.1 Å². The van der Waals surface area contributed by atoms with Crippen molar-refractivity contribution >= 4 is 40.2 Å². The average molecular weight is 319 g/mol. The molecule has 100 valence electrons. The topological polar surface area (TPSA) is 65.3 Å². The first-order valence-corrected chi connectivity index (χ1v) is 6.88. The Kier molecular flexibility index (Phi) is 4.24. The van der Waals surface area contributed by atoms with Crippen LogP contribution in [0.2, 0.25) is 5.15 Å². The van der Waals surface area contributed by atoms with Crippen LogP contribution in [-0.2, 0) is 5.88 Å². The molecule has 19 heavy (non-hydrogen) atoms. The van der Waals surface area contributed by atoms with E-state index >= 15 is 0 Å². The number of nitrogens with zero attached hydrogens (tertiary/aromatic N) is 2. The molecule has 0 amide bonds. The first-order chi connectivity index (χ1) is 9.01. The van der Waals surface area contributed by atoms with Crippen molar-refractivity contribution in [3.05, 3.63) is 43.9 Å². The van der Waals surface area contributed by atoms with Gasteiger partial charge in [-0.1, -0.05) is 22.9 Å². The van der Waals surface area contributed by atoms with Gasteiger partial charge in [0.05, 0.1) is 15.7 Å². The van der Waals surface area contributed by atoms with Gasteiger partial charge >= 0.3 is 0 Å². The number of aryl methyl sites for hydroxylation is 1. The van der Waals surface area contributed by atoms with E-state index in [1.807, 2.05) is 0 Å². The van der Waals surface area contributed by atoms with E-state index in [1.165, 1.54) is 23.5 Å². The van der Waals surface area contributed by atoms with E-state index in [1.54, 1.807) is 13.0 Å². The first kappa shape index (κ1) is 14.0. The highest BCUT2D eigenvalue weighted by Gasteiger charge is 2.13. The number of benzene rings is 1. The number of hydrogen-bond donors (Lipinski definition) is 0. The van der Waals surface area contributed by atoms with Crippen molar-refractivity contribution in [2.45, 2.75) is 12.8 Å². The third kappa shape index (κ3) is 3.15. The lowest BCUT2D eigenvalue weighted by Gasteiger charge is -2.03. The van der Waals surface area contributed by atoms with E-state index in [2.05, 4.69) is 4.98 Å². The van der Waals surface area contributed by atoms with Crippen molar-refractivity contribution < 1.29 is 9.66 Å². The van der Waals surface area contributed by atoms with E-state index in [0.717, 1.165) is 4.88 Å². The second-order valence-electron chi connectivity index (χ2n) is 3.63. The molecule has 0 saturated carbocycles. The van der Waals surface area contributed by atoms with Gasteiger partial charge in [-0.2, -0.15) is 4.98 Å². The number of ether oxygens (including phenoxy) is 1. The molecule has 0 unspecified atom stereocenters. The molecule has 8 heteroatoms. The van der Waals surface area contributed by atoms with Gasteiger partial charge < -0.3 is 4.74 Å². The Labute approximate surface area is 122 Å². The number of nitro benzene ring substituents is 1. The minimum atomic E-state index is -0.440. The number of hydrogen-bond acceptors (Lipinski definition) is 5. The summed E-state index contributed by atoms with van der Waals surface area (Å²) < 4.78 is 5.50. The molecule has 0 spiro atoms. The molecule has 0 aliphatic rings. The van der Waals surface area contributed by atoms with Crippen LogP contribution in [0, 0.1) is 17.0 Å². The zero-order valence-electron chi connectivity index (χ0n) is 9.72. The molecule has 1 aromatic carbocycles. The molecular formula is C11H8Cl2N2O3S. The molecule has 2 rings (SSSR count). The lowest BCUT2D eigenvalue weighted by Crippen LogP contribution is -1.92. The van der Waals surface area contributed by atoms with Gasteiger partial charge in [0, 0.05) is 11.6 Å². The van der Waals surface area contributed by atoms with E-state index in [9.17, 15) is 10.1 Å². The molecule has 0 bridgehead atoms. The van der Waals surface area contributed by atoms with Crippen LogP contribution in [0.1, 0.15) is 10.4 Å². The van der Waals surface area contributed by atoms with Crippen molar-refractivity contribution in [2.24, 2.45) is 0 Å². The molecule has 1 heterocycles. The van der Waals surface area contributed by atoms with Crippen molar-refractivity contribution in [1.29, 1.82) is 0 Å². The van der Waals surface area contributed by atoms with Crippen molar-refractivity contribution in [3.8, 4) is 10.9 Å². The Hall–Kier alpha value is -1.37. The second kappa shape index (κ2) is 5.73. The van der Waals surface area contributed by atoms with Crippen LogP contribution in [-0.4, -0.2) is 9.91 Å². The van der Waals surface area contributed by atoms with Gasteiger partial charge in [0.15, 0.2) is 0 Å². The summed E-state index contributed by atoms with van der Waals surface area (Å²) in [6, 6.07) is 4.48. The Bertz CT molecular complexity index is 630. The highest BCUT2D eigenvalue weighted by molar-refractivity contribution is 7.14. The molecule has 2 aromatic rings. The van der Waals surface area contributed by atoms with Gasteiger partial charge in [-0.25, -0.2) is 0 Å². The van der Waals surface area contributed by atoms with Crippen molar-refractivity contribution in [2.75, 3.05) is 0 Å². The fourth-order valence-electron chi connectivity index (χ4n) is 1.44. The summed E-state index contributed by atoms with van der Waals surface area (Å²) in [6.45, 7) is 1.64. The van der Waals surface area contributed by atoms with Crippen LogP contribution in [0.15, 0.2) is 18.2 Å². The van der Waals surface area contributed by atoms with Crippen molar-refractivity contribution in [3.63, 3.8) is 0 Å². The highest BCUT2D eigenvalue weighted by Crippen LogP contribution is 2.34. The Morgan fingerprint density at radius 1 is 1.53 bits per heavy atom. The first-order valence-electron chi connectivity index (χ1n) is 5.15. The maximum atomic E-state index is 10.7. The number of halogens is 2. The predicted molar refractivity (Wildman–Crippen MR) is 74.6 cm³/mol. The van der Waals surface area contributed by atoms with E-state index in [4.69, 9.17) is 27.9 Å². The molecule has 0 N–H and O–H groups in total. The second-order valence-corrected chi connectivity index (χ2v) is 5.31. The largest absolute Gasteiger partial charge is 0.431 e. The molecule has 5 nitrogen and oxygen atoms in total. The summed E-state index contributed by atoms with van der Waals surface area (Å²) >= 11 is 12.8. The van der Waals surface area contributed by atoms with Gasteiger partial charge in [-0.15, -0.1) is 11.6 Å². The quantitative estimate of drug-likeness (QED) is 0.471.